The van der Waals surface area contributed by atoms with Crippen molar-refractivity contribution in [1.29, 1.82) is 0 Å². The van der Waals surface area contributed by atoms with Crippen molar-refractivity contribution in [2.75, 3.05) is 11.9 Å². The van der Waals surface area contributed by atoms with Gasteiger partial charge in [-0.3, -0.25) is 0 Å². The molecule has 0 radical (unpaired) electrons. The molecule has 0 fully saturated rings. The molecule has 0 saturated heterocycles. The molecule has 0 aliphatic carbocycles. The molecule has 1 heterocycles. The number of halogens is 1. The Kier molecular flexibility index (Phi) is 4.95. The van der Waals surface area contributed by atoms with Gasteiger partial charge in [-0.2, -0.15) is 0 Å². The van der Waals surface area contributed by atoms with Gasteiger partial charge in [-0.25, -0.2) is 4.98 Å². The number of aryl methyl sites for hydroxylation is 1. The van der Waals surface area contributed by atoms with Crippen molar-refractivity contribution < 1.29 is 5.11 Å². The fourth-order valence-electron chi connectivity index (χ4n) is 1.71. The third-order valence-corrected chi connectivity index (χ3v) is 3.25. The monoisotopic (exact) mass is 300 g/mol. The van der Waals surface area contributed by atoms with Crippen molar-refractivity contribution in [3.05, 3.63) is 22.3 Å². The molecule has 1 atom stereocenters. The first-order valence-corrected chi connectivity index (χ1v) is 6.63. The van der Waals surface area contributed by atoms with Crippen LogP contribution >= 0.6 is 15.9 Å². The maximum Gasteiger partial charge on any atom is 0.129 e. The first-order valence-electron chi connectivity index (χ1n) is 5.84. The normalized spacial score (nSPS) is 13.5. The second-order valence-electron chi connectivity index (χ2n) is 5.39. The summed E-state index contributed by atoms with van der Waals surface area (Å²) in [4.78, 5) is 4.37. The van der Waals surface area contributed by atoms with Crippen LogP contribution in [0.5, 0.6) is 0 Å². The van der Waals surface area contributed by atoms with Crippen molar-refractivity contribution in [2.24, 2.45) is 5.41 Å². The van der Waals surface area contributed by atoms with Crippen LogP contribution in [-0.4, -0.2) is 22.7 Å². The van der Waals surface area contributed by atoms with E-state index < -0.39 is 0 Å². The van der Waals surface area contributed by atoms with Gasteiger partial charge in [0.2, 0.25) is 0 Å². The van der Waals surface area contributed by atoms with Crippen LogP contribution in [0.1, 0.15) is 32.8 Å². The van der Waals surface area contributed by atoms with Gasteiger partial charge in [-0.15, -0.1) is 0 Å². The number of nitrogens with one attached hydrogen (secondary N) is 1. The average Bonchev–Trinajstić information content (AvgIpc) is 2.19. The summed E-state index contributed by atoms with van der Waals surface area (Å²) in [7, 11) is 0. The predicted octanol–water partition coefficient (Wildman–Crippen LogP) is 3.36. The summed E-state index contributed by atoms with van der Waals surface area (Å²) < 4.78 is 0.981. The minimum Gasteiger partial charge on any atom is -0.396 e. The molecule has 17 heavy (non-hydrogen) atoms. The van der Waals surface area contributed by atoms with Gasteiger partial charge in [-0.05, 0) is 46.3 Å². The number of rotatable bonds is 4. The molecule has 0 amide bonds. The molecule has 2 N–H and O–H groups in total. The average molecular weight is 301 g/mol. The number of nitrogens with zero attached hydrogens (tertiary/aromatic N) is 1. The van der Waals surface area contributed by atoms with Gasteiger partial charge in [0.05, 0.1) is 0 Å². The van der Waals surface area contributed by atoms with E-state index in [1.54, 1.807) is 6.20 Å². The highest BCUT2D eigenvalue weighted by molar-refractivity contribution is 9.10. The van der Waals surface area contributed by atoms with E-state index >= 15 is 0 Å². The van der Waals surface area contributed by atoms with Gasteiger partial charge in [0.15, 0.2) is 0 Å². The second kappa shape index (κ2) is 5.83. The fraction of sp³-hybridized carbons (Fsp3) is 0.615. The Bertz CT molecular complexity index is 374. The lowest BCUT2D eigenvalue weighted by Crippen LogP contribution is -2.35. The van der Waals surface area contributed by atoms with E-state index in [1.165, 1.54) is 0 Å². The predicted molar refractivity (Wildman–Crippen MR) is 75.2 cm³/mol. The molecule has 96 valence electrons. The van der Waals surface area contributed by atoms with Crippen LogP contribution in [0.3, 0.4) is 0 Å². The summed E-state index contributed by atoms with van der Waals surface area (Å²) in [6.45, 7) is 8.70. The Hall–Kier alpha value is -0.610. The molecule has 0 aliphatic rings. The van der Waals surface area contributed by atoms with E-state index in [9.17, 15) is 0 Å². The van der Waals surface area contributed by atoms with E-state index in [4.69, 9.17) is 5.11 Å². The smallest absolute Gasteiger partial charge is 0.129 e. The van der Waals surface area contributed by atoms with Crippen LogP contribution in [0, 0.1) is 12.3 Å². The van der Waals surface area contributed by atoms with Crippen LogP contribution < -0.4 is 5.32 Å². The summed E-state index contributed by atoms with van der Waals surface area (Å²) in [6, 6.07) is 2.24. The summed E-state index contributed by atoms with van der Waals surface area (Å²) in [5.74, 6) is 0.890. The molecule has 1 aromatic rings. The third-order valence-electron chi connectivity index (χ3n) is 2.82. The highest BCUT2D eigenvalue weighted by Gasteiger charge is 2.24. The first kappa shape index (κ1) is 14.5. The standard InChI is InChI=1S/C13H21BrN2O/c1-9-7-10(14)8-15-12(9)16-11(5-6-17)13(2,3)4/h7-8,11,17H,5-6H2,1-4H3,(H,15,16). The lowest BCUT2D eigenvalue weighted by atomic mass is 9.85. The SMILES string of the molecule is Cc1cc(Br)cnc1NC(CCO)C(C)(C)C. The minimum absolute atomic E-state index is 0.0872. The lowest BCUT2D eigenvalue weighted by Gasteiger charge is -2.32. The van der Waals surface area contributed by atoms with Crippen LogP contribution in [0.15, 0.2) is 16.7 Å². The van der Waals surface area contributed by atoms with Gasteiger partial charge in [0, 0.05) is 23.3 Å². The van der Waals surface area contributed by atoms with Gasteiger partial charge < -0.3 is 10.4 Å². The van der Waals surface area contributed by atoms with Crippen LogP contribution in [-0.2, 0) is 0 Å². The zero-order valence-electron chi connectivity index (χ0n) is 10.9. The van der Waals surface area contributed by atoms with Gasteiger partial charge >= 0.3 is 0 Å². The van der Waals surface area contributed by atoms with Crippen molar-refractivity contribution >= 4 is 21.7 Å². The van der Waals surface area contributed by atoms with Crippen molar-refractivity contribution in [1.82, 2.24) is 4.98 Å². The van der Waals surface area contributed by atoms with E-state index in [1.807, 2.05) is 13.0 Å². The largest absolute Gasteiger partial charge is 0.396 e. The van der Waals surface area contributed by atoms with Gasteiger partial charge in [-0.1, -0.05) is 20.8 Å². The molecule has 0 spiro atoms. The Morgan fingerprint density at radius 1 is 1.47 bits per heavy atom. The summed E-state index contributed by atoms with van der Waals surface area (Å²) in [6.07, 6.45) is 2.51. The Morgan fingerprint density at radius 2 is 2.12 bits per heavy atom. The first-order chi connectivity index (χ1) is 7.84. The van der Waals surface area contributed by atoms with Crippen molar-refractivity contribution in [2.45, 2.75) is 40.2 Å². The number of aliphatic hydroxyl groups is 1. The number of aliphatic hydroxyl groups excluding tert-OH is 1. The molecule has 0 bridgehead atoms. The summed E-state index contributed by atoms with van der Waals surface area (Å²) >= 11 is 3.40. The molecule has 1 unspecified atom stereocenters. The number of pyridine rings is 1. The third kappa shape index (κ3) is 4.28. The number of aromatic nitrogens is 1. The number of hydrogen-bond donors (Lipinski definition) is 2. The second-order valence-corrected chi connectivity index (χ2v) is 6.31. The number of anilines is 1. The molecule has 4 heteroatoms. The molecular formula is C13H21BrN2O. The maximum atomic E-state index is 9.12. The zero-order chi connectivity index (χ0) is 13.1. The highest BCUT2D eigenvalue weighted by atomic mass is 79.9. The van der Waals surface area contributed by atoms with Crippen LogP contribution in [0.25, 0.3) is 0 Å². The topological polar surface area (TPSA) is 45.2 Å². The molecule has 1 aromatic heterocycles. The Morgan fingerprint density at radius 3 is 2.59 bits per heavy atom. The fourth-order valence-corrected chi connectivity index (χ4v) is 2.15. The van der Waals surface area contributed by atoms with Crippen LogP contribution in [0.4, 0.5) is 5.82 Å². The summed E-state index contributed by atoms with van der Waals surface area (Å²) in [5, 5.41) is 12.5. The van der Waals surface area contributed by atoms with E-state index in [0.717, 1.165) is 22.3 Å². The number of hydrogen-bond acceptors (Lipinski definition) is 3. The molecular weight excluding hydrogens is 280 g/mol. The Labute approximate surface area is 112 Å². The van der Waals surface area contributed by atoms with E-state index in [0.29, 0.717) is 0 Å². The lowest BCUT2D eigenvalue weighted by molar-refractivity contribution is 0.235. The van der Waals surface area contributed by atoms with E-state index in [-0.39, 0.29) is 18.1 Å². The summed E-state index contributed by atoms with van der Waals surface area (Å²) in [5.41, 5.74) is 1.19. The van der Waals surface area contributed by atoms with Gasteiger partial charge in [0.25, 0.3) is 0 Å². The molecule has 0 saturated carbocycles. The molecule has 3 nitrogen and oxygen atoms in total. The minimum atomic E-state index is 0.0872. The molecule has 0 aromatic carbocycles. The zero-order valence-corrected chi connectivity index (χ0v) is 12.5. The molecule has 0 aliphatic heterocycles. The maximum absolute atomic E-state index is 9.12. The van der Waals surface area contributed by atoms with Crippen LogP contribution in [0.2, 0.25) is 0 Å². The van der Waals surface area contributed by atoms with Gasteiger partial charge in [0.1, 0.15) is 5.82 Å². The van der Waals surface area contributed by atoms with Crippen molar-refractivity contribution in [3.63, 3.8) is 0 Å². The van der Waals surface area contributed by atoms with E-state index in [2.05, 4.69) is 47.0 Å². The molecule has 1 rings (SSSR count). The Balaban J connectivity index is 2.86. The van der Waals surface area contributed by atoms with Crippen molar-refractivity contribution in [3.8, 4) is 0 Å². The quantitative estimate of drug-likeness (QED) is 0.896. The highest BCUT2D eigenvalue weighted by Crippen LogP contribution is 2.26.